The molecule has 2 aliphatic rings. The zero-order valence-corrected chi connectivity index (χ0v) is 10.1. The number of ether oxygens (including phenoxy) is 1. The highest BCUT2D eigenvalue weighted by Crippen LogP contribution is 2.29. The van der Waals surface area contributed by atoms with Crippen LogP contribution in [-0.2, 0) is 14.8 Å². The fraction of sp³-hybridized carbons (Fsp3) is 0.900. The van der Waals surface area contributed by atoms with Gasteiger partial charge in [0, 0.05) is 13.1 Å². The first kappa shape index (κ1) is 11.8. The number of rotatable bonds is 3. The van der Waals surface area contributed by atoms with E-state index in [1.54, 1.807) is 6.92 Å². The molecule has 16 heavy (non-hydrogen) atoms. The van der Waals surface area contributed by atoms with Gasteiger partial charge in [0.15, 0.2) is 5.25 Å². The summed E-state index contributed by atoms with van der Waals surface area (Å²) < 4.78 is 31.3. The molecule has 0 N–H and O–H groups in total. The molecule has 2 saturated heterocycles. The van der Waals surface area contributed by atoms with Gasteiger partial charge in [-0.2, -0.15) is 9.57 Å². The molecule has 0 aromatic heterocycles. The second kappa shape index (κ2) is 4.32. The number of fused-ring (bicyclic) bond motifs is 2. The third-order valence-corrected chi connectivity index (χ3v) is 5.42. The van der Waals surface area contributed by atoms with Crippen LogP contribution in [0.4, 0.5) is 0 Å². The maximum Gasteiger partial charge on any atom is 0.230 e. The Balaban J connectivity index is 2.16. The van der Waals surface area contributed by atoms with Gasteiger partial charge in [-0.15, -0.1) is 0 Å². The second-order valence-corrected chi connectivity index (χ2v) is 6.46. The van der Waals surface area contributed by atoms with E-state index < -0.39 is 15.3 Å². The molecule has 0 amide bonds. The molecule has 90 valence electrons. The SMILES string of the molecule is CCC(C#N)S(=O)(=O)N1CC2CCC(C1)O2. The molecule has 0 saturated carbocycles. The number of sulfonamides is 1. The van der Waals surface area contributed by atoms with Crippen LogP contribution >= 0.6 is 0 Å². The molecule has 0 aliphatic carbocycles. The summed E-state index contributed by atoms with van der Waals surface area (Å²) >= 11 is 0. The van der Waals surface area contributed by atoms with Crippen molar-refractivity contribution in [1.82, 2.24) is 4.31 Å². The van der Waals surface area contributed by atoms with E-state index >= 15 is 0 Å². The average molecular weight is 244 g/mol. The summed E-state index contributed by atoms with van der Waals surface area (Å²) in [5.74, 6) is 0. The fourth-order valence-electron chi connectivity index (χ4n) is 2.33. The first-order valence-electron chi connectivity index (χ1n) is 5.62. The van der Waals surface area contributed by atoms with E-state index in [9.17, 15) is 8.42 Å². The van der Waals surface area contributed by atoms with Crippen LogP contribution in [0.2, 0.25) is 0 Å². The lowest BCUT2D eigenvalue weighted by Crippen LogP contribution is -2.48. The maximum absolute atomic E-state index is 12.1. The summed E-state index contributed by atoms with van der Waals surface area (Å²) in [5.41, 5.74) is 0. The van der Waals surface area contributed by atoms with Gasteiger partial charge >= 0.3 is 0 Å². The summed E-state index contributed by atoms with van der Waals surface area (Å²) in [6.07, 6.45) is 2.26. The Hall–Kier alpha value is -0.640. The van der Waals surface area contributed by atoms with Gasteiger partial charge in [-0.1, -0.05) is 6.92 Å². The average Bonchev–Trinajstić information content (AvgIpc) is 2.59. The molecular formula is C10H16N2O3S. The minimum atomic E-state index is -3.46. The van der Waals surface area contributed by atoms with Crippen molar-refractivity contribution in [2.45, 2.75) is 43.6 Å². The Bertz CT molecular complexity index is 389. The highest BCUT2D eigenvalue weighted by molar-refractivity contribution is 7.90. The Morgan fingerprint density at radius 3 is 2.44 bits per heavy atom. The Morgan fingerprint density at radius 1 is 1.44 bits per heavy atom. The summed E-state index contributed by atoms with van der Waals surface area (Å²) in [6, 6.07) is 1.87. The van der Waals surface area contributed by atoms with Gasteiger partial charge < -0.3 is 4.74 Å². The number of nitriles is 1. The van der Waals surface area contributed by atoms with Gasteiger partial charge in [-0.05, 0) is 19.3 Å². The largest absolute Gasteiger partial charge is 0.372 e. The monoisotopic (exact) mass is 244 g/mol. The molecule has 6 heteroatoms. The van der Waals surface area contributed by atoms with Crippen LogP contribution in [0.25, 0.3) is 0 Å². The van der Waals surface area contributed by atoms with Crippen molar-refractivity contribution in [1.29, 1.82) is 5.26 Å². The van der Waals surface area contributed by atoms with Crippen molar-refractivity contribution in [3.05, 3.63) is 0 Å². The van der Waals surface area contributed by atoms with Crippen molar-refractivity contribution in [2.24, 2.45) is 0 Å². The lowest BCUT2D eigenvalue weighted by molar-refractivity contribution is -0.0116. The third kappa shape index (κ3) is 1.95. The number of hydrogen-bond acceptors (Lipinski definition) is 4. The zero-order valence-electron chi connectivity index (χ0n) is 9.30. The first-order valence-corrected chi connectivity index (χ1v) is 7.12. The number of hydrogen-bond donors (Lipinski definition) is 0. The predicted molar refractivity (Wildman–Crippen MR) is 58.1 cm³/mol. The quantitative estimate of drug-likeness (QED) is 0.724. The molecule has 2 rings (SSSR count). The Morgan fingerprint density at radius 2 is 2.00 bits per heavy atom. The van der Waals surface area contributed by atoms with Crippen molar-refractivity contribution < 1.29 is 13.2 Å². The minimum absolute atomic E-state index is 0.0322. The van der Waals surface area contributed by atoms with E-state index in [0.717, 1.165) is 12.8 Å². The van der Waals surface area contributed by atoms with Crippen LogP contribution in [0.5, 0.6) is 0 Å². The highest BCUT2D eigenvalue weighted by Gasteiger charge is 2.41. The molecule has 2 fully saturated rings. The normalized spacial score (nSPS) is 32.2. The van der Waals surface area contributed by atoms with Gasteiger partial charge in [-0.25, -0.2) is 8.42 Å². The molecule has 0 radical (unpaired) electrons. The molecule has 0 aromatic carbocycles. The topological polar surface area (TPSA) is 70.4 Å². The van der Waals surface area contributed by atoms with E-state index in [-0.39, 0.29) is 12.2 Å². The Labute approximate surface area is 96.0 Å². The van der Waals surface area contributed by atoms with Crippen LogP contribution in [0.3, 0.4) is 0 Å². The van der Waals surface area contributed by atoms with E-state index in [0.29, 0.717) is 19.5 Å². The van der Waals surface area contributed by atoms with Gasteiger partial charge in [0.25, 0.3) is 0 Å². The highest BCUT2D eigenvalue weighted by atomic mass is 32.2. The molecular weight excluding hydrogens is 228 g/mol. The molecule has 2 aliphatic heterocycles. The first-order chi connectivity index (χ1) is 7.57. The maximum atomic E-state index is 12.1. The van der Waals surface area contributed by atoms with Crippen LogP contribution in [-0.4, -0.2) is 43.3 Å². The van der Waals surface area contributed by atoms with Gasteiger partial charge in [0.2, 0.25) is 10.0 Å². The standard InChI is InChI=1S/C10H16N2O3S/c1-2-10(5-11)16(13,14)12-6-8-3-4-9(7-12)15-8/h8-10H,2-4,6-7H2,1H3. The smallest absolute Gasteiger partial charge is 0.230 e. The van der Waals surface area contributed by atoms with Crippen molar-refractivity contribution >= 4 is 10.0 Å². The van der Waals surface area contributed by atoms with Crippen LogP contribution in [0.15, 0.2) is 0 Å². The number of nitrogens with zero attached hydrogens (tertiary/aromatic N) is 2. The van der Waals surface area contributed by atoms with Crippen LogP contribution < -0.4 is 0 Å². The summed E-state index contributed by atoms with van der Waals surface area (Å²) in [6.45, 7) is 2.55. The van der Waals surface area contributed by atoms with Gasteiger partial charge in [0.05, 0.1) is 18.3 Å². The second-order valence-electron chi connectivity index (χ2n) is 4.35. The Kier molecular flexibility index (Phi) is 3.19. The van der Waals surface area contributed by atoms with Crippen molar-refractivity contribution in [3.63, 3.8) is 0 Å². The summed E-state index contributed by atoms with van der Waals surface area (Å²) in [4.78, 5) is 0. The molecule has 0 aromatic rings. The minimum Gasteiger partial charge on any atom is -0.372 e. The zero-order chi connectivity index (χ0) is 11.8. The van der Waals surface area contributed by atoms with Crippen molar-refractivity contribution in [2.75, 3.05) is 13.1 Å². The van der Waals surface area contributed by atoms with Gasteiger partial charge in [-0.3, -0.25) is 0 Å². The molecule has 3 unspecified atom stereocenters. The summed E-state index contributed by atoms with van der Waals surface area (Å²) in [5, 5.41) is 7.94. The summed E-state index contributed by atoms with van der Waals surface area (Å²) in [7, 11) is -3.46. The van der Waals surface area contributed by atoms with Gasteiger partial charge in [0.1, 0.15) is 0 Å². The van der Waals surface area contributed by atoms with E-state index in [1.165, 1.54) is 4.31 Å². The molecule has 5 nitrogen and oxygen atoms in total. The van der Waals surface area contributed by atoms with Crippen molar-refractivity contribution in [3.8, 4) is 6.07 Å². The van der Waals surface area contributed by atoms with E-state index in [2.05, 4.69) is 0 Å². The predicted octanol–water partition coefficient (Wildman–Crippen LogP) is 0.482. The molecule has 0 spiro atoms. The lowest BCUT2D eigenvalue weighted by atomic mass is 10.2. The lowest BCUT2D eigenvalue weighted by Gasteiger charge is -2.32. The molecule has 3 atom stereocenters. The van der Waals surface area contributed by atoms with Crippen LogP contribution in [0.1, 0.15) is 26.2 Å². The van der Waals surface area contributed by atoms with E-state index in [4.69, 9.17) is 10.00 Å². The molecule has 2 bridgehead atoms. The third-order valence-electron chi connectivity index (χ3n) is 3.24. The fourth-order valence-corrected chi connectivity index (χ4v) is 4.00. The number of morpholine rings is 1. The van der Waals surface area contributed by atoms with Crippen LogP contribution in [0, 0.1) is 11.3 Å². The van der Waals surface area contributed by atoms with E-state index in [1.807, 2.05) is 6.07 Å². The molecule has 2 heterocycles.